The molecule has 0 spiro atoms. The van der Waals surface area contributed by atoms with Crippen LogP contribution in [0.2, 0.25) is 0 Å². The first-order valence-electron chi connectivity index (χ1n) is 7.47. The molecule has 3 unspecified atom stereocenters. The van der Waals surface area contributed by atoms with Crippen molar-refractivity contribution in [2.75, 3.05) is 13.1 Å². The fourth-order valence-electron chi connectivity index (χ4n) is 3.13. The third-order valence-corrected chi connectivity index (χ3v) is 4.16. The number of nitrogens with zero attached hydrogens (tertiary/aromatic N) is 1. The molecule has 3 N–H and O–H groups in total. The minimum absolute atomic E-state index is 0.00513. The number of hydrogen-bond acceptors (Lipinski definition) is 3. The Bertz CT molecular complexity index is 438. The second-order valence-electron chi connectivity index (χ2n) is 6.22. The lowest BCUT2D eigenvalue weighted by Gasteiger charge is -2.36. The third kappa shape index (κ3) is 3.46. The Morgan fingerprint density at radius 3 is 2.81 bits per heavy atom. The van der Waals surface area contributed by atoms with Crippen LogP contribution < -0.4 is 10.6 Å². The molecule has 7 heteroatoms. The first-order valence-corrected chi connectivity index (χ1v) is 7.47. The number of urea groups is 1. The van der Waals surface area contributed by atoms with Gasteiger partial charge in [0.1, 0.15) is 6.04 Å². The largest absolute Gasteiger partial charge is 0.480 e. The first-order chi connectivity index (χ1) is 9.90. The van der Waals surface area contributed by atoms with Gasteiger partial charge in [0.2, 0.25) is 5.91 Å². The van der Waals surface area contributed by atoms with Crippen LogP contribution in [0, 0.1) is 11.8 Å². The van der Waals surface area contributed by atoms with E-state index in [2.05, 4.69) is 10.6 Å². The number of rotatable bonds is 4. The summed E-state index contributed by atoms with van der Waals surface area (Å²) >= 11 is 0. The zero-order valence-electron chi connectivity index (χ0n) is 12.5. The monoisotopic (exact) mass is 297 g/mol. The topological polar surface area (TPSA) is 98.7 Å². The zero-order valence-corrected chi connectivity index (χ0v) is 12.5. The number of carbonyl (C=O) groups is 3. The van der Waals surface area contributed by atoms with E-state index in [0.29, 0.717) is 19.5 Å². The molecule has 7 nitrogen and oxygen atoms in total. The number of nitrogens with one attached hydrogen (secondary N) is 2. The zero-order chi connectivity index (χ0) is 15.6. The van der Waals surface area contributed by atoms with Crippen LogP contribution in [0.25, 0.3) is 0 Å². The van der Waals surface area contributed by atoms with Gasteiger partial charge in [-0.25, -0.2) is 9.59 Å². The SMILES string of the molecule is CC(C)CC(NC(=O)N1CCCC2C(=O)NCC21)C(=O)O. The van der Waals surface area contributed by atoms with Gasteiger partial charge < -0.3 is 20.6 Å². The summed E-state index contributed by atoms with van der Waals surface area (Å²) in [6.45, 7) is 4.85. The van der Waals surface area contributed by atoms with Crippen LogP contribution in [-0.4, -0.2) is 53.1 Å². The van der Waals surface area contributed by atoms with Crippen molar-refractivity contribution >= 4 is 17.9 Å². The van der Waals surface area contributed by atoms with E-state index in [0.717, 1.165) is 12.8 Å². The predicted molar refractivity (Wildman–Crippen MR) is 75.6 cm³/mol. The minimum Gasteiger partial charge on any atom is -0.480 e. The number of amides is 3. The summed E-state index contributed by atoms with van der Waals surface area (Å²) in [4.78, 5) is 36.9. The fourth-order valence-corrected chi connectivity index (χ4v) is 3.13. The van der Waals surface area contributed by atoms with E-state index in [-0.39, 0.29) is 29.8 Å². The van der Waals surface area contributed by atoms with E-state index in [4.69, 9.17) is 0 Å². The van der Waals surface area contributed by atoms with Crippen molar-refractivity contribution in [3.05, 3.63) is 0 Å². The number of likely N-dealkylation sites (tertiary alicyclic amines) is 1. The Balaban J connectivity index is 2.01. The van der Waals surface area contributed by atoms with Crippen LogP contribution in [-0.2, 0) is 9.59 Å². The Morgan fingerprint density at radius 1 is 1.48 bits per heavy atom. The Hall–Kier alpha value is -1.79. The molecule has 2 rings (SSSR count). The molecule has 2 saturated heterocycles. The number of carbonyl (C=O) groups excluding carboxylic acids is 2. The second kappa shape index (κ2) is 6.32. The molecular weight excluding hydrogens is 274 g/mol. The van der Waals surface area contributed by atoms with Crippen molar-refractivity contribution in [1.82, 2.24) is 15.5 Å². The average Bonchev–Trinajstić information content (AvgIpc) is 2.79. The normalized spacial score (nSPS) is 26.2. The molecule has 2 aliphatic heterocycles. The lowest BCUT2D eigenvalue weighted by atomic mass is 9.92. The maximum Gasteiger partial charge on any atom is 0.326 e. The molecule has 0 aromatic carbocycles. The number of hydrogen-bond donors (Lipinski definition) is 3. The molecule has 0 saturated carbocycles. The summed E-state index contributed by atoms with van der Waals surface area (Å²) in [6.07, 6.45) is 1.94. The number of fused-ring (bicyclic) bond motifs is 1. The number of carboxylic acid groups (broad SMARTS) is 1. The molecule has 2 heterocycles. The van der Waals surface area contributed by atoms with Crippen LogP contribution >= 0.6 is 0 Å². The lowest BCUT2D eigenvalue weighted by molar-refractivity contribution is -0.139. The van der Waals surface area contributed by atoms with Crippen LogP contribution in [0.4, 0.5) is 4.79 Å². The maximum absolute atomic E-state index is 12.4. The summed E-state index contributed by atoms with van der Waals surface area (Å²) in [7, 11) is 0. The fraction of sp³-hybridized carbons (Fsp3) is 0.786. The Morgan fingerprint density at radius 2 is 2.19 bits per heavy atom. The van der Waals surface area contributed by atoms with Gasteiger partial charge in [-0.1, -0.05) is 13.8 Å². The van der Waals surface area contributed by atoms with Gasteiger partial charge in [-0.05, 0) is 25.2 Å². The van der Waals surface area contributed by atoms with Crippen molar-refractivity contribution in [2.24, 2.45) is 11.8 Å². The lowest BCUT2D eigenvalue weighted by Crippen LogP contribution is -2.55. The third-order valence-electron chi connectivity index (χ3n) is 4.16. The molecule has 21 heavy (non-hydrogen) atoms. The number of piperidine rings is 1. The second-order valence-corrected chi connectivity index (χ2v) is 6.22. The molecule has 3 amide bonds. The number of carboxylic acids is 1. The summed E-state index contributed by atoms with van der Waals surface area (Å²) in [5.74, 6) is -1.01. The molecule has 2 aliphatic rings. The predicted octanol–water partition coefficient (Wildman–Crippen LogP) is 0.406. The summed E-state index contributed by atoms with van der Waals surface area (Å²) in [5, 5.41) is 14.6. The van der Waals surface area contributed by atoms with Gasteiger partial charge in [-0.15, -0.1) is 0 Å². The highest BCUT2D eigenvalue weighted by Crippen LogP contribution is 2.27. The molecule has 3 atom stereocenters. The Kier molecular flexibility index (Phi) is 4.69. The van der Waals surface area contributed by atoms with Gasteiger partial charge in [-0.3, -0.25) is 4.79 Å². The molecule has 0 aromatic heterocycles. The van der Waals surface area contributed by atoms with E-state index in [1.165, 1.54) is 0 Å². The van der Waals surface area contributed by atoms with Crippen molar-refractivity contribution in [3.8, 4) is 0 Å². The van der Waals surface area contributed by atoms with Gasteiger partial charge >= 0.3 is 12.0 Å². The highest BCUT2D eigenvalue weighted by atomic mass is 16.4. The maximum atomic E-state index is 12.4. The minimum atomic E-state index is -1.02. The molecule has 0 radical (unpaired) electrons. The first kappa shape index (κ1) is 15.6. The van der Waals surface area contributed by atoms with E-state index in [1.54, 1.807) is 4.90 Å². The molecular formula is C14H23N3O4. The van der Waals surface area contributed by atoms with Gasteiger partial charge in [-0.2, -0.15) is 0 Å². The van der Waals surface area contributed by atoms with Crippen molar-refractivity contribution in [2.45, 2.75) is 45.2 Å². The van der Waals surface area contributed by atoms with Gasteiger partial charge in [0.15, 0.2) is 0 Å². The quantitative estimate of drug-likeness (QED) is 0.699. The molecule has 0 aromatic rings. The van der Waals surface area contributed by atoms with Gasteiger partial charge in [0.05, 0.1) is 12.0 Å². The Labute approximate surface area is 124 Å². The van der Waals surface area contributed by atoms with Crippen LogP contribution in [0.5, 0.6) is 0 Å². The molecule has 2 fully saturated rings. The molecule has 0 bridgehead atoms. The number of aliphatic carboxylic acids is 1. The van der Waals surface area contributed by atoms with Gasteiger partial charge in [0, 0.05) is 13.1 Å². The van der Waals surface area contributed by atoms with Crippen LogP contribution in [0.15, 0.2) is 0 Å². The highest BCUT2D eigenvalue weighted by Gasteiger charge is 2.43. The van der Waals surface area contributed by atoms with E-state index in [9.17, 15) is 19.5 Å². The van der Waals surface area contributed by atoms with E-state index < -0.39 is 12.0 Å². The summed E-state index contributed by atoms with van der Waals surface area (Å²) < 4.78 is 0. The standard InChI is InChI=1S/C14H23N3O4/c1-8(2)6-10(13(19)20)16-14(21)17-5-3-4-9-11(17)7-15-12(9)18/h8-11H,3-7H2,1-2H3,(H,15,18)(H,16,21)(H,19,20). The van der Waals surface area contributed by atoms with Gasteiger partial charge in [0.25, 0.3) is 0 Å². The summed E-state index contributed by atoms with van der Waals surface area (Å²) in [6, 6.07) is -1.42. The average molecular weight is 297 g/mol. The molecule has 0 aliphatic carbocycles. The van der Waals surface area contributed by atoms with E-state index in [1.807, 2.05) is 13.8 Å². The smallest absolute Gasteiger partial charge is 0.326 e. The van der Waals surface area contributed by atoms with Crippen LogP contribution in [0.1, 0.15) is 33.1 Å². The van der Waals surface area contributed by atoms with Crippen molar-refractivity contribution in [3.63, 3.8) is 0 Å². The van der Waals surface area contributed by atoms with Crippen LogP contribution in [0.3, 0.4) is 0 Å². The molecule has 118 valence electrons. The van der Waals surface area contributed by atoms with Crippen molar-refractivity contribution in [1.29, 1.82) is 0 Å². The van der Waals surface area contributed by atoms with E-state index >= 15 is 0 Å². The highest BCUT2D eigenvalue weighted by molar-refractivity contribution is 5.86. The summed E-state index contributed by atoms with van der Waals surface area (Å²) in [5.41, 5.74) is 0. The van der Waals surface area contributed by atoms with Crippen molar-refractivity contribution < 1.29 is 19.5 Å².